The lowest BCUT2D eigenvalue weighted by Crippen LogP contribution is -2.03. The van der Waals surface area contributed by atoms with Gasteiger partial charge in [-0.2, -0.15) is 4.98 Å². The lowest BCUT2D eigenvalue weighted by Gasteiger charge is -2.12. The third-order valence-corrected chi connectivity index (χ3v) is 3.97. The van der Waals surface area contributed by atoms with E-state index in [-0.39, 0.29) is 11.1 Å². The summed E-state index contributed by atoms with van der Waals surface area (Å²) in [6, 6.07) is 10.1. The number of ether oxygens (including phenoxy) is 1. The van der Waals surface area contributed by atoms with Crippen LogP contribution in [0.1, 0.15) is 37.8 Å². The maximum Gasteiger partial charge on any atom is 0.224 e. The quantitative estimate of drug-likeness (QED) is 0.774. The molecule has 0 amide bonds. The molecule has 0 aliphatic heterocycles. The van der Waals surface area contributed by atoms with E-state index < -0.39 is 0 Å². The summed E-state index contributed by atoms with van der Waals surface area (Å²) in [7, 11) is 0. The second-order valence-corrected chi connectivity index (χ2v) is 5.77. The first-order valence-corrected chi connectivity index (χ1v) is 7.99. The van der Waals surface area contributed by atoms with E-state index in [2.05, 4.69) is 48.1 Å². The number of anilines is 1. The zero-order chi connectivity index (χ0) is 15.9. The van der Waals surface area contributed by atoms with Gasteiger partial charge in [0.1, 0.15) is 11.8 Å². The van der Waals surface area contributed by atoms with Gasteiger partial charge in [-0.3, -0.25) is 0 Å². The molecule has 0 saturated heterocycles. The molecule has 118 valence electrons. The minimum Gasteiger partial charge on any atom is -0.473 e. The van der Waals surface area contributed by atoms with Gasteiger partial charge in [0.25, 0.3) is 0 Å². The largest absolute Gasteiger partial charge is 0.473 e. The Bertz CT molecular complexity index is 577. The number of aromatic nitrogens is 2. The van der Waals surface area contributed by atoms with Gasteiger partial charge < -0.3 is 10.5 Å². The summed E-state index contributed by atoms with van der Waals surface area (Å²) in [5.41, 5.74) is 7.99. The van der Waals surface area contributed by atoms with E-state index in [1.807, 2.05) is 0 Å². The Labute approximate surface area is 136 Å². The summed E-state index contributed by atoms with van der Waals surface area (Å²) in [4.78, 5) is 7.78. The summed E-state index contributed by atoms with van der Waals surface area (Å²) in [6.45, 7) is 4.92. The molecule has 0 spiro atoms. The van der Waals surface area contributed by atoms with Crippen molar-refractivity contribution in [3.8, 4) is 5.88 Å². The Morgan fingerprint density at radius 3 is 2.32 bits per heavy atom. The third kappa shape index (κ3) is 4.88. The van der Waals surface area contributed by atoms with Gasteiger partial charge >= 0.3 is 0 Å². The molecule has 5 heteroatoms. The molecule has 22 heavy (non-hydrogen) atoms. The predicted molar refractivity (Wildman–Crippen MR) is 90.0 cm³/mol. The molecule has 2 N–H and O–H groups in total. The standard InChI is InChI=1S/C17H22ClN3O/c1-3-12(4-2)9-13-5-7-14(8-6-13)11-22-16-10-15(18)20-17(19)21-16/h5-8,10,12H,3-4,9,11H2,1-2H3,(H2,19,20,21). The Morgan fingerprint density at radius 1 is 1.09 bits per heavy atom. The SMILES string of the molecule is CCC(CC)Cc1ccc(COc2cc(Cl)nc(N)n2)cc1. The number of benzene rings is 1. The number of nitrogen functional groups attached to an aromatic ring is 1. The fourth-order valence-corrected chi connectivity index (χ4v) is 2.51. The molecule has 0 fully saturated rings. The minimum atomic E-state index is 0.114. The molecule has 0 saturated carbocycles. The number of hydrogen-bond donors (Lipinski definition) is 1. The van der Waals surface area contributed by atoms with Crippen LogP contribution in [0.2, 0.25) is 5.15 Å². The first kappa shape index (κ1) is 16.6. The fourth-order valence-electron chi connectivity index (χ4n) is 2.33. The highest BCUT2D eigenvalue weighted by Gasteiger charge is 2.06. The Kier molecular flexibility index (Phi) is 6.01. The van der Waals surface area contributed by atoms with Crippen molar-refractivity contribution in [3.05, 3.63) is 46.6 Å². The maximum atomic E-state index is 5.82. The average molecular weight is 320 g/mol. The van der Waals surface area contributed by atoms with Crippen LogP contribution >= 0.6 is 11.6 Å². The van der Waals surface area contributed by atoms with Crippen molar-refractivity contribution < 1.29 is 4.74 Å². The predicted octanol–water partition coefficient (Wildman–Crippen LogP) is 4.27. The number of nitrogens with two attached hydrogens (primary N) is 1. The molecule has 4 nitrogen and oxygen atoms in total. The Hall–Kier alpha value is -1.81. The van der Waals surface area contributed by atoms with Crippen LogP contribution in [0.15, 0.2) is 30.3 Å². The van der Waals surface area contributed by atoms with E-state index in [9.17, 15) is 0 Å². The highest BCUT2D eigenvalue weighted by Crippen LogP contribution is 2.18. The van der Waals surface area contributed by atoms with Gasteiger partial charge in [-0.15, -0.1) is 0 Å². The van der Waals surface area contributed by atoms with Crippen LogP contribution in [0.5, 0.6) is 5.88 Å². The zero-order valence-corrected chi connectivity index (χ0v) is 13.8. The van der Waals surface area contributed by atoms with Crippen LogP contribution in [0, 0.1) is 5.92 Å². The van der Waals surface area contributed by atoms with Crippen LogP contribution in [0.3, 0.4) is 0 Å². The van der Waals surface area contributed by atoms with Gasteiger partial charge in [0.15, 0.2) is 0 Å². The second kappa shape index (κ2) is 7.99. The van der Waals surface area contributed by atoms with Gasteiger partial charge in [0, 0.05) is 6.07 Å². The normalized spacial score (nSPS) is 10.9. The lowest BCUT2D eigenvalue weighted by molar-refractivity contribution is 0.294. The van der Waals surface area contributed by atoms with Gasteiger partial charge in [-0.25, -0.2) is 4.98 Å². The molecular formula is C17H22ClN3O. The molecule has 1 heterocycles. The fraction of sp³-hybridized carbons (Fsp3) is 0.412. The molecule has 0 aliphatic carbocycles. The van der Waals surface area contributed by atoms with Crippen LogP contribution in [0.4, 0.5) is 5.95 Å². The molecule has 1 aromatic heterocycles. The van der Waals surface area contributed by atoms with Crippen molar-refractivity contribution in [3.63, 3.8) is 0 Å². The van der Waals surface area contributed by atoms with Crippen molar-refractivity contribution >= 4 is 17.5 Å². The van der Waals surface area contributed by atoms with E-state index in [1.165, 1.54) is 18.4 Å². The van der Waals surface area contributed by atoms with E-state index >= 15 is 0 Å². The monoisotopic (exact) mass is 319 g/mol. The van der Waals surface area contributed by atoms with Crippen LogP contribution in [-0.4, -0.2) is 9.97 Å². The van der Waals surface area contributed by atoms with Crippen molar-refractivity contribution in [1.29, 1.82) is 0 Å². The number of halogens is 1. The Balaban J connectivity index is 1.93. The number of hydrogen-bond acceptors (Lipinski definition) is 4. The topological polar surface area (TPSA) is 61.0 Å². The van der Waals surface area contributed by atoms with Gasteiger partial charge in [-0.1, -0.05) is 62.6 Å². The third-order valence-electron chi connectivity index (χ3n) is 3.78. The lowest BCUT2D eigenvalue weighted by atomic mass is 9.94. The first-order chi connectivity index (χ1) is 10.6. The van der Waals surface area contributed by atoms with Gasteiger partial charge in [0.05, 0.1) is 0 Å². The molecule has 2 aromatic rings. The van der Waals surface area contributed by atoms with E-state index in [1.54, 1.807) is 6.07 Å². The zero-order valence-electron chi connectivity index (χ0n) is 13.1. The van der Waals surface area contributed by atoms with Crippen LogP contribution in [-0.2, 0) is 13.0 Å². The van der Waals surface area contributed by atoms with Gasteiger partial charge in [-0.05, 0) is 23.5 Å². The summed E-state index contributed by atoms with van der Waals surface area (Å²) < 4.78 is 5.60. The molecule has 0 radical (unpaired) electrons. The van der Waals surface area contributed by atoms with Crippen LogP contribution < -0.4 is 10.5 Å². The summed E-state index contributed by atoms with van der Waals surface area (Å²) in [6.07, 6.45) is 3.57. The van der Waals surface area contributed by atoms with E-state index in [0.717, 1.165) is 17.9 Å². The summed E-state index contributed by atoms with van der Waals surface area (Å²) in [5.74, 6) is 1.26. The Morgan fingerprint density at radius 2 is 1.73 bits per heavy atom. The molecule has 1 aromatic carbocycles. The molecule has 0 atom stereocenters. The second-order valence-electron chi connectivity index (χ2n) is 5.38. The van der Waals surface area contributed by atoms with Gasteiger partial charge in [0.2, 0.25) is 11.8 Å². The first-order valence-electron chi connectivity index (χ1n) is 7.61. The molecule has 0 aliphatic rings. The van der Waals surface area contributed by atoms with Crippen LogP contribution in [0.25, 0.3) is 0 Å². The highest BCUT2D eigenvalue weighted by atomic mass is 35.5. The summed E-state index contributed by atoms with van der Waals surface area (Å²) in [5, 5.41) is 0.281. The van der Waals surface area contributed by atoms with Crippen molar-refractivity contribution in [2.75, 3.05) is 5.73 Å². The van der Waals surface area contributed by atoms with E-state index in [0.29, 0.717) is 12.5 Å². The minimum absolute atomic E-state index is 0.114. The van der Waals surface area contributed by atoms with E-state index in [4.69, 9.17) is 22.1 Å². The molecule has 2 rings (SSSR count). The molecular weight excluding hydrogens is 298 g/mol. The smallest absolute Gasteiger partial charge is 0.224 e. The van der Waals surface area contributed by atoms with Crippen molar-refractivity contribution in [1.82, 2.24) is 9.97 Å². The number of rotatable bonds is 7. The highest BCUT2D eigenvalue weighted by molar-refractivity contribution is 6.29. The number of nitrogens with zero attached hydrogens (tertiary/aromatic N) is 2. The molecule has 0 unspecified atom stereocenters. The molecule has 0 bridgehead atoms. The summed E-state index contributed by atoms with van der Waals surface area (Å²) >= 11 is 5.82. The van der Waals surface area contributed by atoms with Crippen molar-refractivity contribution in [2.45, 2.75) is 39.7 Å². The maximum absolute atomic E-state index is 5.82. The average Bonchev–Trinajstić information content (AvgIpc) is 2.51. The van der Waals surface area contributed by atoms with Crippen molar-refractivity contribution in [2.24, 2.45) is 5.92 Å².